The normalized spacial score (nSPS) is 17.0. The molecule has 1 unspecified atom stereocenters. The van der Waals surface area contributed by atoms with Gasteiger partial charge in [-0.1, -0.05) is 80.3 Å². The van der Waals surface area contributed by atoms with Crippen LogP contribution >= 0.6 is 0 Å². The summed E-state index contributed by atoms with van der Waals surface area (Å²) in [5.74, 6) is 0.726. The maximum absolute atomic E-state index is 10.4. The minimum absolute atomic E-state index is 0.293. The topological polar surface area (TPSA) is 20.2 Å². The lowest BCUT2D eigenvalue weighted by Crippen LogP contribution is -2.04. The van der Waals surface area contributed by atoms with Gasteiger partial charge in [0.05, 0.1) is 6.10 Å². The minimum atomic E-state index is -0.293. The molecule has 0 aromatic heterocycles. The average Bonchev–Trinajstić information content (AvgIpc) is 3.02. The van der Waals surface area contributed by atoms with Crippen molar-refractivity contribution < 1.29 is 5.11 Å². The molecule has 1 heteroatoms. The number of rotatable bonds is 5. The monoisotopic (exact) mass is 280 g/mol. The molecule has 0 amide bonds. The van der Waals surface area contributed by atoms with Gasteiger partial charge in [-0.2, -0.15) is 0 Å². The average molecular weight is 280 g/mol. The maximum Gasteiger partial charge on any atom is 0.0792 e. The van der Waals surface area contributed by atoms with Gasteiger partial charge in [-0.3, -0.25) is 0 Å². The molecule has 1 saturated carbocycles. The molecule has 0 spiro atoms. The number of hydrogen-bond acceptors (Lipinski definition) is 1. The third-order valence-corrected chi connectivity index (χ3v) is 4.65. The Bertz CT molecular complexity index is 538. The van der Waals surface area contributed by atoms with Crippen molar-refractivity contribution in [3.63, 3.8) is 0 Å². The summed E-state index contributed by atoms with van der Waals surface area (Å²) >= 11 is 0. The van der Waals surface area contributed by atoms with Crippen LogP contribution in [0.1, 0.15) is 54.9 Å². The first-order valence-electron chi connectivity index (χ1n) is 8.12. The van der Waals surface area contributed by atoms with Crippen LogP contribution in [0.2, 0.25) is 0 Å². The van der Waals surface area contributed by atoms with Crippen LogP contribution in [0.3, 0.4) is 0 Å². The fraction of sp³-hybridized carbons (Fsp3) is 0.400. The Morgan fingerprint density at radius 2 is 1.48 bits per heavy atom. The van der Waals surface area contributed by atoms with Crippen molar-refractivity contribution in [3.8, 4) is 0 Å². The molecule has 1 atom stereocenters. The SMILES string of the molecule is OC(CC1CCCC1)c1ccc(Cc2ccccc2)cc1. The van der Waals surface area contributed by atoms with Crippen LogP contribution in [-0.2, 0) is 6.42 Å². The zero-order chi connectivity index (χ0) is 14.5. The molecule has 0 heterocycles. The predicted molar refractivity (Wildman–Crippen MR) is 87.2 cm³/mol. The van der Waals surface area contributed by atoms with Gasteiger partial charge in [0.25, 0.3) is 0 Å². The van der Waals surface area contributed by atoms with E-state index in [2.05, 4.69) is 48.5 Å². The second-order valence-corrected chi connectivity index (χ2v) is 6.31. The lowest BCUT2D eigenvalue weighted by molar-refractivity contribution is 0.145. The lowest BCUT2D eigenvalue weighted by Gasteiger charge is -2.16. The van der Waals surface area contributed by atoms with E-state index in [1.165, 1.54) is 36.8 Å². The quantitative estimate of drug-likeness (QED) is 0.826. The van der Waals surface area contributed by atoms with Crippen LogP contribution in [0.4, 0.5) is 0 Å². The molecule has 2 aromatic carbocycles. The second kappa shape index (κ2) is 6.91. The lowest BCUT2D eigenvalue weighted by atomic mass is 9.94. The first-order chi connectivity index (χ1) is 10.3. The fourth-order valence-corrected chi connectivity index (χ4v) is 3.39. The molecule has 1 aliphatic carbocycles. The molecule has 0 saturated heterocycles. The molecule has 0 bridgehead atoms. The van der Waals surface area contributed by atoms with Crippen molar-refractivity contribution in [3.05, 3.63) is 71.3 Å². The Morgan fingerprint density at radius 1 is 0.857 bits per heavy atom. The van der Waals surface area contributed by atoms with Gasteiger partial charge in [0.1, 0.15) is 0 Å². The van der Waals surface area contributed by atoms with Crippen LogP contribution in [0.15, 0.2) is 54.6 Å². The summed E-state index contributed by atoms with van der Waals surface area (Å²) in [6, 6.07) is 19.0. The van der Waals surface area contributed by atoms with E-state index in [1.807, 2.05) is 6.07 Å². The highest BCUT2D eigenvalue weighted by molar-refractivity contribution is 5.29. The minimum Gasteiger partial charge on any atom is -0.388 e. The third kappa shape index (κ3) is 3.95. The van der Waals surface area contributed by atoms with Gasteiger partial charge in [-0.05, 0) is 35.4 Å². The van der Waals surface area contributed by atoms with E-state index >= 15 is 0 Å². The Labute approximate surface area is 127 Å². The first kappa shape index (κ1) is 14.3. The van der Waals surface area contributed by atoms with Crippen molar-refractivity contribution in [2.24, 2.45) is 5.92 Å². The van der Waals surface area contributed by atoms with Crippen molar-refractivity contribution in [1.82, 2.24) is 0 Å². The molecule has 21 heavy (non-hydrogen) atoms. The Morgan fingerprint density at radius 3 is 2.14 bits per heavy atom. The van der Waals surface area contributed by atoms with Crippen molar-refractivity contribution in [2.45, 2.75) is 44.6 Å². The van der Waals surface area contributed by atoms with E-state index in [0.29, 0.717) is 0 Å². The fourth-order valence-electron chi connectivity index (χ4n) is 3.39. The number of aliphatic hydroxyl groups excluding tert-OH is 1. The van der Waals surface area contributed by atoms with Crippen LogP contribution in [0, 0.1) is 5.92 Å². The molecule has 110 valence electrons. The standard InChI is InChI=1S/C20H24O/c21-20(15-17-8-4-5-9-17)19-12-10-18(11-13-19)14-16-6-2-1-3-7-16/h1-3,6-7,10-13,17,20-21H,4-5,8-9,14-15H2. The van der Waals surface area contributed by atoms with Gasteiger partial charge in [0.2, 0.25) is 0 Å². The van der Waals surface area contributed by atoms with Gasteiger partial charge in [0.15, 0.2) is 0 Å². The molecular weight excluding hydrogens is 256 g/mol. The van der Waals surface area contributed by atoms with Gasteiger partial charge in [-0.25, -0.2) is 0 Å². The Kier molecular flexibility index (Phi) is 4.72. The largest absolute Gasteiger partial charge is 0.388 e. The van der Waals surface area contributed by atoms with E-state index < -0.39 is 0 Å². The first-order valence-corrected chi connectivity index (χ1v) is 8.12. The molecule has 0 aliphatic heterocycles. The van der Waals surface area contributed by atoms with E-state index in [-0.39, 0.29) is 6.10 Å². The van der Waals surface area contributed by atoms with E-state index in [0.717, 1.165) is 24.3 Å². The number of aliphatic hydroxyl groups is 1. The molecule has 1 N–H and O–H groups in total. The molecule has 1 nitrogen and oxygen atoms in total. The van der Waals surface area contributed by atoms with E-state index in [4.69, 9.17) is 0 Å². The zero-order valence-corrected chi connectivity index (χ0v) is 12.5. The highest BCUT2D eigenvalue weighted by Crippen LogP contribution is 2.33. The summed E-state index contributed by atoms with van der Waals surface area (Å²) < 4.78 is 0. The Hall–Kier alpha value is -1.60. The van der Waals surface area contributed by atoms with Crippen LogP contribution in [0.25, 0.3) is 0 Å². The smallest absolute Gasteiger partial charge is 0.0792 e. The van der Waals surface area contributed by atoms with Crippen molar-refractivity contribution in [2.75, 3.05) is 0 Å². The third-order valence-electron chi connectivity index (χ3n) is 4.65. The molecule has 2 aromatic rings. The van der Waals surface area contributed by atoms with Crippen molar-refractivity contribution >= 4 is 0 Å². The predicted octanol–water partition coefficient (Wildman–Crippen LogP) is 4.89. The number of hydrogen-bond donors (Lipinski definition) is 1. The summed E-state index contributed by atoms with van der Waals surface area (Å²) in [5, 5.41) is 10.4. The highest BCUT2D eigenvalue weighted by Gasteiger charge is 2.19. The maximum atomic E-state index is 10.4. The molecule has 1 aliphatic rings. The highest BCUT2D eigenvalue weighted by atomic mass is 16.3. The van der Waals surface area contributed by atoms with E-state index in [9.17, 15) is 5.11 Å². The molecule has 0 radical (unpaired) electrons. The molecule has 3 rings (SSSR count). The van der Waals surface area contributed by atoms with Crippen LogP contribution < -0.4 is 0 Å². The Balaban J connectivity index is 1.60. The van der Waals surface area contributed by atoms with Gasteiger partial charge < -0.3 is 5.11 Å². The van der Waals surface area contributed by atoms with Crippen LogP contribution in [-0.4, -0.2) is 5.11 Å². The van der Waals surface area contributed by atoms with Crippen molar-refractivity contribution in [1.29, 1.82) is 0 Å². The van der Waals surface area contributed by atoms with E-state index in [1.54, 1.807) is 0 Å². The summed E-state index contributed by atoms with van der Waals surface area (Å²) in [5.41, 5.74) is 3.70. The summed E-state index contributed by atoms with van der Waals surface area (Å²) in [6.07, 6.45) is 6.87. The second-order valence-electron chi connectivity index (χ2n) is 6.31. The zero-order valence-electron chi connectivity index (χ0n) is 12.5. The summed E-state index contributed by atoms with van der Waals surface area (Å²) in [7, 11) is 0. The number of benzene rings is 2. The summed E-state index contributed by atoms with van der Waals surface area (Å²) in [4.78, 5) is 0. The molecule has 1 fully saturated rings. The van der Waals surface area contributed by atoms with Gasteiger partial charge >= 0.3 is 0 Å². The molecular formula is C20H24O. The van der Waals surface area contributed by atoms with Crippen LogP contribution in [0.5, 0.6) is 0 Å². The van der Waals surface area contributed by atoms with Gasteiger partial charge in [-0.15, -0.1) is 0 Å². The van der Waals surface area contributed by atoms with Gasteiger partial charge in [0, 0.05) is 0 Å². The summed E-state index contributed by atoms with van der Waals surface area (Å²) in [6.45, 7) is 0.